The second-order valence-electron chi connectivity index (χ2n) is 3.37. The molecule has 0 radical (unpaired) electrons. The third-order valence-electron chi connectivity index (χ3n) is 2.12. The van der Waals surface area contributed by atoms with E-state index in [0.29, 0.717) is 6.54 Å². The van der Waals surface area contributed by atoms with Crippen LogP contribution in [-0.4, -0.2) is 26.6 Å². The molecule has 0 unspecified atom stereocenters. The first kappa shape index (κ1) is 16.6. The maximum atomic E-state index is 13.4. The van der Waals surface area contributed by atoms with Gasteiger partial charge in [-0.1, -0.05) is 0 Å². The largest absolute Gasteiger partial charge is 0.494 e. The number of halogens is 3. The van der Waals surface area contributed by atoms with Crippen LogP contribution in [0.2, 0.25) is 0 Å². The van der Waals surface area contributed by atoms with Crippen molar-refractivity contribution in [2.75, 3.05) is 26.0 Å². The van der Waals surface area contributed by atoms with Crippen LogP contribution in [0.5, 0.6) is 5.75 Å². The summed E-state index contributed by atoms with van der Waals surface area (Å²) < 4.78 is 31.3. The summed E-state index contributed by atoms with van der Waals surface area (Å²) in [6, 6.07) is 1.79. The van der Waals surface area contributed by atoms with Gasteiger partial charge in [0, 0.05) is 25.1 Å². The Kier molecular flexibility index (Phi) is 7.23. The highest BCUT2D eigenvalue weighted by molar-refractivity contribution is 5.91. The van der Waals surface area contributed by atoms with Crippen molar-refractivity contribution in [2.24, 2.45) is 0 Å². The number of carbonyl (C=O) groups excluding carboxylic acids is 1. The highest BCUT2D eigenvalue weighted by Gasteiger charge is 2.12. The summed E-state index contributed by atoms with van der Waals surface area (Å²) in [5.41, 5.74) is -0.190. The molecule has 1 aromatic carbocycles. The summed E-state index contributed by atoms with van der Waals surface area (Å²) in [5, 5.41) is 5.07. The van der Waals surface area contributed by atoms with Crippen molar-refractivity contribution in [3.63, 3.8) is 0 Å². The van der Waals surface area contributed by atoms with Gasteiger partial charge in [-0.15, -0.1) is 12.4 Å². The number of hydrogen-bond donors (Lipinski definition) is 2. The highest BCUT2D eigenvalue weighted by atomic mass is 35.5. The molecule has 102 valence electrons. The van der Waals surface area contributed by atoms with E-state index in [4.69, 9.17) is 0 Å². The Labute approximate surface area is 110 Å². The maximum absolute atomic E-state index is 13.4. The fraction of sp³-hybridized carbons (Fsp3) is 0.364. The Morgan fingerprint density at radius 1 is 1.33 bits per heavy atom. The molecular weight excluding hydrogens is 266 g/mol. The number of ether oxygens (including phenoxy) is 1. The number of hydrogen-bond acceptors (Lipinski definition) is 3. The third kappa shape index (κ3) is 4.46. The predicted molar refractivity (Wildman–Crippen MR) is 67.3 cm³/mol. The maximum Gasteiger partial charge on any atom is 0.225 e. The van der Waals surface area contributed by atoms with Gasteiger partial charge in [0.2, 0.25) is 5.91 Å². The zero-order valence-electron chi connectivity index (χ0n) is 10.0. The molecular formula is C11H15ClF2N2O2. The lowest BCUT2D eigenvalue weighted by Crippen LogP contribution is -2.19. The first-order chi connectivity index (χ1) is 8.08. The summed E-state index contributed by atoms with van der Waals surface area (Å²) >= 11 is 0. The van der Waals surface area contributed by atoms with Crippen LogP contribution < -0.4 is 15.4 Å². The summed E-state index contributed by atoms with van der Waals surface area (Å²) in [5.74, 6) is -2.04. The number of nitrogens with one attached hydrogen (secondary N) is 2. The minimum Gasteiger partial charge on any atom is -0.494 e. The molecule has 0 aliphatic heterocycles. The topological polar surface area (TPSA) is 50.4 Å². The Balaban J connectivity index is 0.00000289. The number of methoxy groups -OCH3 is 1. The third-order valence-corrected chi connectivity index (χ3v) is 2.12. The van der Waals surface area contributed by atoms with Crippen LogP contribution in [0.25, 0.3) is 0 Å². The molecule has 0 heterocycles. The number of amides is 1. The van der Waals surface area contributed by atoms with Crippen molar-refractivity contribution in [1.29, 1.82) is 0 Å². The average Bonchev–Trinajstić information content (AvgIpc) is 2.30. The molecule has 0 fully saturated rings. The van der Waals surface area contributed by atoms with Gasteiger partial charge in [0.15, 0.2) is 17.4 Å². The fourth-order valence-electron chi connectivity index (χ4n) is 1.23. The number of benzene rings is 1. The molecule has 0 saturated heterocycles. The molecule has 0 spiro atoms. The van der Waals surface area contributed by atoms with Crippen LogP contribution >= 0.6 is 12.4 Å². The SMILES string of the molecule is CNCCC(=O)Nc1cc(F)c(OC)cc1F.Cl. The van der Waals surface area contributed by atoms with E-state index in [-0.39, 0.29) is 36.2 Å². The van der Waals surface area contributed by atoms with Crippen LogP contribution in [0.15, 0.2) is 12.1 Å². The van der Waals surface area contributed by atoms with Gasteiger partial charge in [0.05, 0.1) is 12.8 Å². The van der Waals surface area contributed by atoms with Gasteiger partial charge in [-0.3, -0.25) is 4.79 Å². The lowest BCUT2D eigenvalue weighted by Gasteiger charge is -2.08. The molecule has 0 bridgehead atoms. The standard InChI is InChI=1S/C11H14F2N2O2.ClH/c1-14-4-3-11(16)15-9-5-8(13)10(17-2)6-7(9)12;/h5-6,14H,3-4H2,1-2H3,(H,15,16);1H. The Hall–Kier alpha value is -1.40. The van der Waals surface area contributed by atoms with Crippen molar-refractivity contribution in [3.8, 4) is 5.75 Å². The van der Waals surface area contributed by atoms with Crippen molar-refractivity contribution in [2.45, 2.75) is 6.42 Å². The smallest absolute Gasteiger partial charge is 0.225 e. The first-order valence-corrected chi connectivity index (χ1v) is 5.06. The van der Waals surface area contributed by atoms with Gasteiger partial charge in [0.25, 0.3) is 0 Å². The lowest BCUT2D eigenvalue weighted by molar-refractivity contribution is -0.116. The summed E-state index contributed by atoms with van der Waals surface area (Å²) in [6.45, 7) is 0.464. The van der Waals surface area contributed by atoms with Crippen LogP contribution in [0.4, 0.5) is 14.5 Å². The van der Waals surface area contributed by atoms with Gasteiger partial charge in [-0.2, -0.15) is 0 Å². The van der Waals surface area contributed by atoms with E-state index in [1.54, 1.807) is 7.05 Å². The Morgan fingerprint density at radius 2 is 2.00 bits per heavy atom. The van der Waals surface area contributed by atoms with Crippen molar-refractivity contribution < 1.29 is 18.3 Å². The number of carbonyl (C=O) groups is 1. The molecule has 0 aliphatic carbocycles. The first-order valence-electron chi connectivity index (χ1n) is 5.06. The second-order valence-corrected chi connectivity index (χ2v) is 3.37. The van der Waals surface area contributed by atoms with E-state index >= 15 is 0 Å². The van der Waals surface area contributed by atoms with Gasteiger partial charge >= 0.3 is 0 Å². The monoisotopic (exact) mass is 280 g/mol. The molecule has 18 heavy (non-hydrogen) atoms. The molecule has 1 amide bonds. The predicted octanol–water partition coefficient (Wildman–Crippen LogP) is 1.94. The minimum atomic E-state index is -0.735. The molecule has 4 nitrogen and oxygen atoms in total. The molecule has 0 aromatic heterocycles. The van der Waals surface area contributed by atoms with Gasteiger partial charge in [-0.25, -0.2) is 8.78 Å². The zero-order chi connectivity index (χ0) is 12.8. The molecule has 0 atom stereocenters. The number of rotatable bonds is 5. The van der Waals surface area contributed by atoms with E-state index < -0.39 is 11.6 Å². The number of anilines is 1. The van der Waals surface area contributed by atoms with Crippen LogP contribution in [0.3, 0.4) is 0 Å². The van der Waals surface area contributed by atoms with E-state index in [9.17, 15) is 13.6 Å². The molecule has 0 aliphatic rings. The van der Waals surface area contributed by atoms with E-state index in [0.717, 1.165) is 12.1 Å². The van der Waals surface area contributed by atoms with Crippen molar-refractivity contribution in [3.05, 3.63) is 23.8 Å². The minimum absolute atomic E-state index is 0. The van der Waals surface area contributed by atoms with Crippen LogP contribution in [-0.2, 0) is 4.79 Å². The normalized spacial score (nSPS) is 9.56. The average molecular weight is 281 g/mol. The second kappa shape index (κ2) is 7.84. The van der Waals surface area contributed by atoms with Gasteiger partial charge in [-0.05, 0) is 7.05 Å². The molecule has 2 N–H and O–H groups in total. The van der Waals surface area contributed by atoms with Gasteiger partial charge < -0.3 is 15.4 Å². The lowest BCUT2D eigenvalue weighted by atomic mass is 10.2. The van der Waals surface area contributed by atoms with E-state index in [1.807, 2.05) is 0 Å². The zero-order valence-corrected chi connectivity index (χ0v) is 10.9. The fourth-order valence-corrected chi connectivity index (χ4v) is 1.23. The summed E-state index contributed by atoms with van der Waals surface area (Å²) in [7, 11) is 2.93. The van der Waals surface area contributed by atoms with Gasteiger partial charge in [0.1, 0.15) is 0 Å². The van der Waals surface area contributed by atoms with Crippen LogP contribution in [0.1, 0.15) is 6.42 Å². The molecule has 1 aromatic rings. The molecule has 7 heteroatoms. The van der Waals surface area contributed by atoms with E-state index in [1.165, 1.54) is 7.11 Å². The summed E-state index contributed by atoms with van der Waals surface area (Å²) in [4.78, 5) is 11.3. The summed E-state index contributed by atoms with van der Waals surface area (Å²) in [6.07, 6.45) is 0.184. The highest BCUT2D eigenvalue weighted by Crippen LogP contribution is 2.24. The Morgan fingerprint density at radius 3 is 2.56 bits per heavy atom. The molecule has 0 saturated carbocycles. The van der Waals surface area contributed by atoms with Crippen molar-refractivity contribution >= 4 is 24.0 Å². The van der Waals surface area contributed by atoms with Crippen LogP contribution in [0, 0.1) is 11.6 Å². The quantitative estimate of drug-likeness (QED) is 0.867. The molecule has 1 rings (SSSR count). The van der Waals surface area contributed by atoms with Crippen molar-refractivity contribution in [1.82, 2.24) is 5.32 Å². The van der Waals surface area contributed by atoms with E-state index in [2.05, 4.69) is 15.4 Å². The Bertz CT molecular complexity index is 416.